The first-order valence-corrected chi connectivity index (χ1v) is 6.57. The summed E-state index contributed by atoms with van der Waals surface area (Å²) in [6.45, 7) is 0.00600. The van der Waals surface area contributed by atoms with E-state index in [-0.39, 0.29) is 18.0 Å². The number of nitrogens with one attached hydrogen (secondary N) is 2. The number of amides is 2. The molecular weight excluding hydrogens is 347 g/mol. The third-order valence-corrected chi connectivity index (χ3v) is 3.16. The predicted molar refractivity (Wildman–Crippen MR) is 75.6 cm³/mol. The number of carboxylic acids is 1. The standard InChI is InChI=1S/C13H10BrFN2O4/c14-9-3-1-7(15)5-10(9)17-13(20)16-6-8-2-4-11(21-8)12(18)19/h1-5H,6H2,(H,18,19)(H2,16,17,20). The minimum absolute atomic E-state index is 0.00600. The van der Waals surface area contributed by atoms with E-state index in [0.29, 0.717) is 10.2 Å². The molecule has 0 radical (unpaired) electrons. The van der Waals surface area contributed by atoms with Gasteiger partial charge in [-0.1, -0.05) is 0 Å². The summed E-state index contributed by atoms with van der Waals surface area (Å²) in [4.78, 5) is 22.3. The van der Waals surface area contributed by atoms with Gasteiger partial charge in [-0.15, -0.1) is 0 Å². The molecule has 0 saturated heterocycles. The molecule has 0 saturated carbocycles. The zero-order valence-corrected chi connectivity index (χ0v) is 12.1. The minimum Gasteiger partial charge on any atom is -0.475 e. The molecule has 1 aromatic heterocycles. The fourth-order valence-electron chi connectivity index (χ4n) is 1.52. The summed E-state index contributed by atoms with van der Waals surface area (Å²) in [5.41, 5.74) is 0.276. The van der Waals surface area contributed by atoms with E-state index in [1.807, 2.05) is 0 Å². The molecule has 0 fully saturated rings. The van der Waals surface area contributed by atoms with Crippen LogP contribution >= 0.6 is 15.9 Å². The Morgan fingerprint density at radius 1 is 1.29 bits per heavy atom. The van der Waals surface area contributed by atoms with Crippen LogP contribution in [0.5, 0.6) is 0 Å². The monoisotopic (exact) mass is 356 g/mol. The highest BCUT2D eigenvalue weighted by atomic mass is 79.9. The molecule has 0 aliphatic carbocycles. The summed E-state index contributed by atoms with van der Waals surface area (Å²) >= 11 is 3.18. The lowest BCUT2D eigenvalue weighted by molar-refractivity contribution is 0.0660. The number of carboxylic acid groups (broad SMARTS) is 1. The SMILES string of the molecule is O=C(NCc1ccc(C(=O)O)o1)Nc1cc(F)ccc1Br. The van der Waals surface area contributed by atoms with E-state index >= 15 is 0 Å². The van der Waals surface area contributed by atoms with Crippen molar-refractivity contribution in [2.24, 2.45) is 0 Å². The Hall–Kier alpha value is -2.35. The van der Waals surface area contributed by atoms with Gasteiger partial charge in [0.25, 0.3) is 0 Å². The molecule has 0 bridgehead atoms. The topological polar surface area (TPSA) is 91.6 Å². The number of carbonyl (C=O) groups is 2. The fraction of sp³-hybridized carbons (Fsp3) is 0.0769. The highest BCUT2D eigenvalue weighted by molar-refractivity contribution is 9.10. The normalized spacial score (nSPS) is 10.2. The largest absolute Gasteiger partial charge is 0.475 e. The second-order valence-electron chi connectivity index (χ2n) is 4.00. The Bertz CT molecular complexity index is 687. The number of hydrogen-bond acceptors (Lipinski definition) is 3. The summed E-state index contributed by atoms with van der Waals surface area (Å²) in [6.07, 6.45) is 0. The quantitative estimate of drug-likeness (QED) is 0.784. The second-order valence-corrected chi connectivity index (χ2v) is 4.86. The van der Waals surface area contributed by atoms with E-state index in [2.05, 4.69) is 26.6 Å². The van der Waals surface area contributed by atoms with Gasteiger partial charge in [-0.3, -0.25) is 0 Å². The molecule has 110 valence electrons. The van der Waals surface area contributed by atoms with Crippen LogP contribution in [0.4, 0.5) is 14.9 Å². The molecule has 8 heteroatoms. The number of aromatic carboxylic acids is 1. The molecule has 1 heterocycles. The van der Waals surface area contributed by atoms with Gasteiger partial charge < -0.3 is 20.2 Å². The van der Waals surface area contributed by atoms with E-state index in [0.717, 1.165) is 0 Å². The first-order chi connectivity index (χ1) is 9.95. The lowest BCUT2D eigenvalue weighted by Gasteiger charge is -2.08. The number of halogens is 2. The summed E-state index contributed by atoms with van der Waals surface area (Å²) in [6, 6.07) is 6.05. The number of benzene rings is 1. The van der Waals surface area contributed by atoms with Gasteiger partial charge >= 0.3 is 12.0 Å². The van der Waals surface area contributed by atoms with Gasteiger partial charge in [0.05, 0.1) is 12.2 Å². The van der Waals surface area contributed by atoms with Crippen molar-refractivity contribution in [3.05, 3.63) is 52.1 Å². The third-order valence-electron chi connectivity index (χ3n) is 2.47. The van der Waals surface area contributed by atoms with Crippen LogP contribution in [-0.2, 0) is 6.54 Å². The molecule has 21 heavy (non-hydrogen) atoms. The van der Waals surface area contributed by atoms with Gasteiger partial charge in [-0.25, -0.2) is 14.0 Å². The average Bonchev–Trinajstić information content (AvgIpc) is 2.90. The van der Waals surface area contributed by atoms with Gasteiger partial charge in [-0.2, -0.15) is 0 Å². The Labute approximate surface area is 127 Å². The van der Waals surface area contributed by atoms with Gasteiger partial charge in [0.2, 0.25) is 5.76 Å². The van der Waals surface area contributed by atoms with E-state index in [1.54, 1.807) is 0 Å². The zero-order chi connectivity index (χ0) is 15.4. The lowest BCUT2D eigenvalue weighted by Crippen LogP contribution is -2.28. The number of rotatable bonds is 4. The lowest BCUT2D eigenvalue weighted by atomic mass is 10.3. The highest BCUT2D eigenvalue weighted by Crippen LogP contribution is 2.22. The Morgan fingerprint density at radius 3 is 2.71 bits per heavy atom. The Balaban J connectivity index is 1.92. The average molecular weight is 357 g/mol. The van der Waals surface area contributed by atoms with Gasteiger partial charge in [0.15, 0.2) is 0 Å². The molecule has 1 aromatic carbocycles. The van der Waals surface area contributed by atoms with Crippen molar-refractivity contribution in [3.63, 3.8) is 0 Å². The third kappa shape index (κ3) is 4.06. The number of anilines is 1. The van der Waals surface area contributed by atoms with Crippen molar-refractivity contribution in [3.8, 4) is 0 Å². The molecule has 0 aliphatic heterocycles. The first kappa shape index (κ1) is 15.0. The highest BCUT2D eigenvalue weighted by Gasteiger charge is 2.10. The molecule has 0 unspecified atom stereocenters. The van der Waals surface area contributed by atoms with Crippen LogP contribution in [0.25, 0.3) is 0 Å². The molecule has 6 nitrogen and oxygen atoms in total. The number of furan rings is 1. The van der Waals surface area contributed by atoms with Crippen molar-refractivity contribution in [2.75, 3.05) is 5.32 Å². The van der Waals surface area contributed by atoms with Crippen molar-refractivity contribution >= 4 is 33.6 Å². The molecule has 0 aliphatic rings. The summed E-state index contributed by atoms with van der Waals surface area (Å²) in [5.74, 6) is -1.58. The zero-order valence-electron chi connectivity index (χ0n) is 10.5. The Kier molecular flexibility index (Phi) is 4.59. The van der Waals surface area contributed by atoms with Crippen LogP contribution in [0, 0.1) is 5.82 Å². The van der Waals surface area contributed by atoms with E-state index in [1.165, 1.54) is 30.3 Å². The van der Waals surface area contributed by atoms with Crippen LogP contribution in [0.2, 0.25) is 0 Å². The van der Waals surface area contributed by atoms with Crippen LogP contribution < -0.4 is 10.6 Å². The fourth-order valence-corrected chi connectivity index (χ4v) is 1.86. The first-order valence-electron chi connectivity index (χ1n) is 5.77. The van der Waals surface area contributed by atoms with Crippen LogP contribution in [0.15, 0.2) is 39.2 Å². The predicted octanol–water partition coefficient (Wildman–Crippen LogP) is 3.20. The van der Waals surface area contributed by atoms with Crippen LogP contribution in [0.1, 0.15) is 16.3 Å². The number of hydrogen-bond donors (Lipinski definition) is 3. The maximum atomic E-state index is 13.1. The van der Waals surface area contributed by atoms with Crippen molar-refractivity contribution in [1.29, 1.82) is 0 Å². The Morgan fingerprint density at radius 2 is 2.05 bits per heavy atom. The molecule has 2 amide bonds. The number of carbonyl (C=O) groups excluding carboxylic acids is 1. The molecule has 0 spiro atoms. The molecule has 0 atom stereocenters. The van der Waals surface area contributed by atoms with Crippen molar-refractivity contribution in [1.82, 2.24) is 5.32 Å². The van der Waals surface area contributed by atoms with E-state index < -0.39 is 17.8 Å². The van der Waals surface area contributed by atoms with Crippen molar-refractivity contribution < 1.29 is 23.5 Å². The van der Waals surface area contributed by atoms with E-state index in [4.69, 9.17) is 9.52 Å². The maximum Gasteiger partial charge on any atom is 0.371 e. The summed E-state index contributed by atoms with van der Waals surface area (Å²) in [7, 11) is 0. The van der Waals surface area contributed by atoms with E-state index in [9.17, 15) is 14.0 Å². The van der Waals surface area contributed by atoms with Gasteiger partial charge in [-0.05, 0) is 46.3 Å². The summed E-state index contributed by atoms with van der Waals surface area (Å²) in [5, 5.41) is 13.6. The van der Waals surface area contributed by atoms with Crippen molar-refractivity contribution in [2.45, 2.75) is 6.54 Å². The maximum absolute atomic E-state index is 13.1. The second kappa shape index (κ2) is 6.40. The van der Waals surface area contributed by atoms with Gasteiger partial charge in [0.1, 0.15) is 11.6 Å². The summed E-state index contributed by atoms with van der Waals surface area (Å²) < 4.78 is 18.6. The van der Waals surface area contributed by atoms with Crippen LogP contribution in [0.3, 0.4) is 0 Å². The smallest absolute Gasteiger partial charge is 0.371 e. The molecule has 2 aromatic rings. The molecule has 3 N–H and O–H groups in total. The van der Waals surface area contributed by atoms with Gasteiger partial charge in [0, 0.05) is 4.47 Å². The van der Waals surface area contributed by atoms with Crippen LogP contribution in [-0.4, -0.2) is 17.1 Å². The molecular formula is C13H10BrFN2O4. The minimum atomic E-state index is -1.19. The number of urea groups is 1. The molecule has 2 rings (SSSR count).